The molecule has 16 heavy (non-hydrogen) atoms. The first-order valence-corrected chi connectivity index (χ1v) is 6.47. The van der Waals surface area contributed by atoms with E-state index in [0.717, 1.165) is 16.5 Å². The molecule has 3 heteroatoms. The van der Waals surface area contributed by atoms with Crippen LogP contribution in [0.3, 0.4) is 0 Å². The molecule has 1 N–H and O–H groups in total. The van der Waals surface area contributed by atoms with Crippen molar-refractivity contribution in [3.63, 3.8) is 0 Å². The Labute approximate surface area is 106 Å². The summed E-state index contributed by atoms with van der Waals surface area (Å²) in [5.41, 5.74) is 2.10. The van der Waals surface area contributed by atoms with Crippen molar-refractivity contribution in [2.24, 2.45) is 0 Å². The van der Waals surface area contributed by atoms with E-state index in [9.17, 15) is 5.11 Å². The number of hydrogen-bond acceptors (Lipinski definition) is 2. The van der Waals surface area contributed by atoms with Gasteiger partial charge >= 0.3 is 0 Å². The summed E-state index contributed by atoms with van der Waals surface area (Å²) in [5, 5.41) is 9.55. The zero-order chi connectivity index (χ0) is 12.3. The molecular formula is C13H20BrNO. The van der Waals surface area contributed by atoms with Crippen LogP contribution in [0.25, 0.3) is 0 Å². The van der Waals surface area contributed by atoms with E-state index in [0.29, 0.717) is 6.04 Å². The third-order valence-corrected chi connectivity index (χ3v) is 3.78. The van der Waals surface area contributed by atoms with Crippen molar-refractivity contribution in [1.29, 1.82) is 0 Å². The molecule has 1 rings (SSSR count). The number of benzene rings is 1. The molecule has 90 valence electrons. The molecule has 1 aromatic rings. The fourth-order valence-corrected chi connectivity index (χ4v) is 2.30. The van der Waals surface area contributed by atoms with Gasteiger partial charge in [-0.25, -0.2) is 0 Å². The minimum Gasteiger partial charge on any atom is -0.389 e. The van der Waals surface area contributed by atoms with Gasteiger partial charge in [0.15, 0.2) is 0 Å². The molecule has 0 aliphatic heterocycles. The highest BCUT2D eigenvalue weighted by atomic mass is 79.9. The molecule has 0 aliphatic rings. The van der Waals surface area contributed by atoms with Crippen molar-refractivity contribution in [1.82, 2.24) is 0 Å². The van der Waals surface area contributed by atoms with Gasteiger partial charge in [0.25, 0.3) is 0 Å². The molecule has 1 unspecified atom stereocenters. The van der Waals surface area contributed by atoms with E-state index in [-0.39, 0.29) is 0 Å². The van der Waals surface area contributed by atoms with Crippen molar-refractivity contribution in [2.75, 3.05) is 11.9 Å². The minimum atomic E-state index is -0.433. The van der Waals surface area contributed by atoms with E-state index in [2.05, 4.69) is 53.9 Å². The number of rotatable bonds is 4. The summed E-state index contributed by atoms with van der Waals surface area (Å²) in [7, 11) is 2.10. The van der Waals surface area contributed by atoms with Gasteiger partial charge in [-0.15, -0.1) is 0 Å². The Morgan fingerprint density at radius 2 is 2.00 bits per heavy atom. The van der Waals surface area contributed by atoms with Gasteiger partial charge in [0, 0.05) is 23.2 Å². The van der Waals surface area contributed by atoms with E-state index in [1.165, 1.54) is 5.69 Å². The second kappa shape index (κ2) is 5.69. The Balaban J connectivity index is 2.97. The van der Waals surface area contributed by atoms with Crippen LogP contribution in [0, 0.1) is 0 Å². The molecule has 0 saturated carbocycles. The maximum atomic E-state index is 9.55. The number of anilines is 1. The van der Waals surface area contributed by atoms with Crippen LogP contribution >= 0.6 is 15.9 Å². The van der Waals surface area contributed by atoms with Gasteiger partial charge in [0.05, 0.1) is 6.10 Å². The Morgan fingerprint density at radius 3 is 2.44 bits per heavy atom. The normalized spacial score (nSPS) is 14.6. The molecule has 0 bridgehead atoms. The lowest BCUT2D eigenvalue weighted by Crippen LogP contribution is -2.27. The first-order chi connectivity index (χ1) is 7.47. The van der Waals surface area contributed by atoms with Gasteiger partial charge in [-0.2, -0.15) is 0 Å². The maximum Gasteiger partial charge on any atom is 0.0772 e. The first kappa shape index (κ1) is 13.5. The second-order valence-electron chi connectivity index (χ2n) is 4.25. The van der Waals surface area contributed by atoms with Crippen molar-refractivity contribution in [2.45, 2.75) is 39.3 Å². The maximum absolute atomic E-state index is 9.55. The van der Waals surface area contributed by atoms with Crippen LogP contribution in [0.5, 0.6) is 0 Å². The van der Waals surface area contributed by atoms with E-state index in [4.69, 9.17) is 0 Å². The highest BCUT2D eigenvalue weighted by Gasteiger charge is 2.11. The molecule has 0 amide bonds. The molecule has 0 spiro atoms. The summed E-state index contributed by atoms with van der Waals surface area (Å²) < 4.78 is 0.968. The standard InChI is InChI=1S/C13H20BrNO/c1-5-9(2)15(4)11-6-7-12(10(3)16)13(14)8-11/h6-10,16H,5H2,1-4H3/t9?,10-/m0/s1. The fourth-order valence-electron chi connectivity index (χ4n) is 1.60. The summed E-state index contributed by atoms with van der Waals surface area (Å²) in [5.74, 6) is 0. The lowest BCUT2D eigenvalue weighted by Gasteiger charge is -2.26. The molecule has 0 fully saturated rings. The van der Waals surface area contributed by atoms with Crippen LogP contribution < -0.4 is 4.90 Å². The lowest BCUT2D eigenvalue weighted by atomic mass is 10.1. The Morgan fingerprint density at radius 1 is 1.38 bits per heavy atom. The van der Waals surface area contributed by atoms with Crippen LogP contribution in [-0.2, 0) is 0 Å². The number of hydrogen-bond donors (Lipinski definition) is 1. The van der Waals surface area contributed by atoms with Gasteiger partial charge in [-0.1, -0.05) is 28.9 Å². The van der Waals surface area contributed by atoms with Gasteiger partial charge in [0.1, 0.15) is 0 Å². The van der Waals surface area contributed by atoms with E-state index < -0.39 is 6.10 Å². The zero-order valence-electron chi connectivity index (χ0n) is 10.4. The molecule has 0 heterocycles. The third-order valence-electron chi connectivity index (χ3n) is 3.09. The monoisotopic (exact) mass is 285 g/mol. The van der Waals surface area contributed by atoms with Crippen LogP contribution in [0.1, 0.15) is 38.9 Å². The average molecular weight is 286 g/mol. The van der Waals surface area contributed by atoms with Gasteiger partial charge in [-0.3, -0.25) is 0 Å². The molecular weight excluding hydrogens is 266 g/mol. The van der Waals surface area contributed by atoms with Crippen LogP contribution in [0.2, 0.25) is 0 Å². The van der Waals surface area contributed by atoms with Crippen molar-refractivity contribution in [3.8, 4) is 0 Å². The largest absolute Gasteiger partial charge is 0.389 e. The number of nitrogens with zero attached hydrogens (tertiary/aromatic N) is 1. The quantitative estimate of drug-likeness (QED) is 0.911. The van der Waals surface area contributed by atoms with Gasteiger partial charge < -0.3 is 10.0 Å². The topological polar surface area (TPSA) is 23.5 Å². The third kappa shape index (κ3) is 2.98. The van der Waals surface area contributed by atoms with Gasteiger partial charge in [-0.05, 0) is 38.0 Å². The second-order valence-corrected chi connectivity index (χ2v) is 5.10. The fraction of sp³-hybridized carbons (Fsp3) is 0.538. The van der Waals surface area contributed by atoms with Crippen LogP contribution in [0.4, 0.5) is 5.69 Å². The summed E-state index contributed by atoms with van der Waals surface area (Å²) in [6.45, 7) is 6.16. The zero-order valence-corrected chi connectivity index (χ0v) is 12.0. The number of halogens is 1. The molecule has 0 aliphatic carbocycles. The summed E-state index contributed by atoms with van der Waals surface area (Å²) >= 11 is 3.50. The van der Waals surface area contributed by atoms with E-state index in [1.807, 2.05) is 6.07 Å². The van der Waals surface area contributed by atoms with Crippen LogP contribution in [0.15, 0.2) is 22.7 Å². The molecule has 1 aromatic carbocycles. The Bertz CT molecular complexity index is 352. The van der Waals surface area contributed by atoms with Crippen LogP contribution in [-0.4, -0.2) is 18.2 Å². The molecule has 0 saturated heterocycles. The predicted molar refractivity (Wildman–Crippen MR) is 72.9 cm³/mol. The lowest BCUT2D eigenvalue weighted by molar-refractivity contribution is 0.198. The smallest absolute Gasteiger partial charge is 0.0772 e. The number of aliphatic hydroxyl groups excluding tert-OH is 1. The molecule has 0 radical (unpaired) electrons. The highest BCUT2D eigenvalue weighted by molar-refractivity contribution is 9.10. The molecule has 0 aromatic heterocycles. The summed E-state index contributed by atoms with van der Waals surface area (Å²) in [6.07, 6.45) is 0.684. The number of aliphatic hydroxyl groups is 1. The predicted octanol–water partition coefficient (Wildman–Crippen LogP) is 3.74. The van der Waals surface area contributed by atoms with Crippen molar-refractivity contribution < 1.29 is 5.11 Å². The highest BCUT2D eigenvalue weighted by Crippen LogP contribution is 2.28. The molecule has 2 nitrogen and oxygen atoms in total. The molecule has 2 atom stereocenters. The van der Waals surface area contributed by atoms with E-state index >= 15 is 0 Å². The van der Waals surface area contributed by atoms with E-state index in [1.54, 1.807) is 6.92 Å². The average Bonchev–Trinajstić information content (AvgIpc) is 2.26. The SMILES string of the molecule is CCC(C)N(C)c1ccc([C@H](C)O)c(Br)c1. The van der Waals surface area contributed by atoms with Crippen molar-refractivity contribution >= 4 is 21.6 Å². The minimum absolute atomic E-state index is 0.433. The van der Waals surface area contributed by atoms with Gasteiger partial charge in [0.2, 0.25) is 0 Å². The van der Waals surface area contributed by atoms with Crippen molar-refractivity contribution in [3.05, 3.63) is 28.2 Å². The summed E-state index contributed by atoms with van der Waals surface area (Å²) in [6, 6.07) is 6.61. The first-order valence-electron chi connectivity index (χ1n) is 5.67. The Kier molecular flexibility index (Phi) is 4.81. The Hall–Kier alpha value is -0.540. The summed E-state index contributed by atoms with van der Waals surface area (Å²) in [4.78, 5) is 2.25.